The van der Waals surface area contributed by atoms with Crippen LogP contribution in [0.1, 0.15) is 18.3 Å². The van der Waals surface area contributed by atoms with Crippen LogP contribution >= 0.6 is 11.6 Å². The van der Waals surface area contributed by atoms with Crippen LogP contribution < -0.4 is 0 Å². The van der Waals surface area contributed by atoms with Gasteiger partial charge in [-0.3, -0.25) is 5.10 Å². The quantitative estimate of drug-likeness (QED) is 0.765. The van der Waals surface area contributed by atoms with Crippen molar-refractivity contribution in [1.82, 2.24) is 14.5 Å². The van der Waals surface area contributed by atoms with Crippen LogP contribution in [-0.4, -0.2) is 49.7 Å². The third kappa shape index (κ3) is 3.03. The summed E-state index contributed by atoms with van der Waals surface area (Å²) in [5, 5.41) is 6.56. The number of aromatic nitrogens is 2. The van der Waals surface area contributed by atoms with Gasteiger partial charge < -0.3 is 4.74 Å². The Hall–Kier alpha value is -0.630. The maximum Gasteiger partial charge on any atom is 0.246 e. The Balaban J connectivity index is 3.14. The Labute approximate surface area is 112 Å². The molecule has 1 rings (SSSR count). The van der Waals surface area contributed by atoms with E-state index in [-0.39, 0.29) is 10.8 Å². The zero-order valence-electron chi connectivity index (χ0n) is 10.7. The van der Waals surface area contributed by atoms with Crippen LogP contribution in [-0.2, 0) is 20.6 Å². The number of nitrogens with one attached hydrogen (secondary N) is 1. The number of sulfonamides is 1. The SMILES string of the molecule is CCN(CCOC)S(=O)(=O)c1c(CCl)n[nH]c1C. The Bertz CT molecular complexity index is 487. The largest absolute Gasteiger partial charge is 0.383 e. The van der Waals surface area contributed by atoms with Gasteiger partial charge in [-0.1, -0.05) is 6.92 Å². The van der Waals surface area contributed by atoms with E-state index in [1.807, 2.05) is 0 Å². The molecule has 0 aliphatic rings. The van der Waals surface area contributed by atoms with Crippen LogP contribution in [0.2, 0.25) is 0 Å². The number of aryl methyl sites for hydroxylation is 1. The van der Waals surface area contributed by atoms with Crippen LogP contribution in [0.15, 0.2) is 4.90 Å². The maximum atomic E-state index is 12.5. The molecule has 0 amide bonds. The van der Waals surface area contributed by atoms with Gasteiger partial charge in [0.05, 0.1) is 23.9 Å². The molecular formula is C10H18ClN3O3S. The summed E-state index contributed by atoms with van der Waals surface area (Å²) >= 11 is 5.71. The number of ether oxygens (including phenoxy) is 1. The fraction of sp³-hybridized carbons (Fsp3) is 0.700. The smallest absolute Gasteiger partial charge is 0.246 e. The summed E-state index contributed by atoms with van der Waals surface area (Å²) in [4.78, 5) is 0.176. The van der Waals surface area contributed by atoms with Gasteiger partial charge in [0.1, 0.15) is 4.90 Å². The fourth-order valence-corrected chi connectivity index (χ4v) is 3.71. The predicted octanol–water partition coefficient (Wildman–Crippen LogP) is 1.11. The minimum Gasteiger partial charge on any atom is -0.383 e. The van der Waals surface area contributed by atoms with Crippen molar-refractivity contribution < 1.29 is 13.2 Å². The molecule has 1 aromatic rings. The van der Waals surface area contributed by atoms with Crippen molar-refractivity contribution in [2.24, 2.45) is 0 Å². The lowest BCUT2D eigenvalue weighted by Gasteiger charge is -2.20. The highest BCUT2D eigenvalue weighted by molar-refractivity contribution is 7.89. The molecular weight excluding hydrogens is 278 g/mol. The van der Waals surface area contributed by atoms with E-state index < -0.39 is 10.0 Å². The van der Waals surface area contributed by atoms with Crippen LogP contribution in [0.4, 0.5) is 0 Å². The molecule has 1 aromatic heterocycles. The second-order valence-electron chi connectivity index (χ2n) is 3.75. The summed E-state index contributed by atoms with van der Waals surface area (Å²) < 4.78 is 31.2. The van der Waals surface area contributed by atoms with E-state index in [2.05, 4.69) is 10.2 Å². The molecule has 1 heterocycles. The minimum absolute atomic E-state index is 0.0563. The highest BCUT2D eigenvalue weighted by atomic mass is 35.5. The molecule has 0 saturated carbocycles. The number of alkyl halides is 1. The molecule has 1 N–H and O–H groups in total. The first-order valence-corrected chi connectivity index (χ1v) is 7.55. The molecule has 0 bridgehead atoms. The molecule has 0 aromatic carbocycles. The summed E-state index contributed by atoms with van der Waals surface area (Å²) in [6, 6.07) is 0. The van der Waals surface area contributed by atoms with E-state index in [1.165, 1.54) is 11.4 Å². The third-order valence-electron chi connectivity index (χ3n) is 2.58. The van der Waals surface area contributed by atoms with Gasteiger partial charge in [-0.2, -0.15) is 9.40 Å². The van der Waals surface area contributed by atoms with E-state index in [4.69, 9.17) is 16.3 Å². The van der Waals surface area contributed by atoms with Crippen LogP contribution in [0.5, 0.6) is 0 Å². The van der Waals surface area contributed by atoms with E-state index >= 15 is 0 Å². The molecule has 0 unspecified atom stereocenters. The molecule has 0 spiro atoms. The van der Waals surface area contributed by atoms with Crippen molar-refractivity contribution in [3.05, 3.63) is 11.4 Å². The highest BCUT2D eigenvalue weighted by Crippen LogP contribution is 2.23. The zero-order chi connectivity index (χ0) is 13.8. The summed E-state index contributed by atoms with van der Waals surface area (Å²) in [6.07, 6.45) is 0. The molecule has 104 valence electrons. The van der Waals surface area contributed by atoms with Crippen molar-refractivity contribution in [2.75, 3.05) is 26.8 Å². The van der Waals surface area contributed by atoms with Crippen molar-refractivity contribution in [3.8, 4) is 0 Å². The van der Waals surface area contributed by atoms with E-state index in [1.54, 1.807) is 13.8 Å². The van der Waals surface area contributed by atoms with Crippen LogP contribution in [0, 0.1) is 6.92 Å². The van der Waals surface area contributed by atoms with E-state index in [0.29, 0.717) is 31.1 Å². The Morgan fingerprint density at radius 1 is 1.50 bits per heavy atom. The van der Waals surface area contributed by atoms with Gasteiger partial charge in [-0.05, 0) is 6.92 Å². The number of hydrogen-bond acceptors (Lipinski definition) is 4. The van der Waals surface area contributed by atoms with Crippen LogP contribution in [0.3, 0.4) is 0 Å². The number of aromatic amines is 1. The summed E-state index contributed by atoms with van der Waals surface area (Å²) in [6.45, 7) is 4.48. The average molecular weight is 296 g/mol. The molecule has 18 heavy (non-hydrogen) atoms. The fourth-order valence-electron chi connectivity index (χ4n) is 1.67. The predicted molar refractivity (Wildman–Crippen MR) is 69.2 cm³/mol. The van der Waals surface area contributed by atoms with E-state index in [9.17, 15) is 8.42 Å². The molecule has 0 fully saturated rings. The monoisotopic (exact) mass is 295 g/mol. The summed E-state index contributed by atoms with van der Waals surface area (Å²) in [7, 11) is -2.04. The van der Waals surface area contributed by atoms with Crippen molar-refractivity contribution in [3.63, 3.8) is 0 Å². The second kappa shape index (κ2) is 6.51. The molecule has 0 saturated heterocycles. The number of hydrogen-bond donors (Lipinski definition) is 1. The maximum absolute atomic E-state index is 12.5. The number of nitrogens with zero attached hydrogens (tertiary/aromatic N) is 2. The first-order valence-electron chi connectivity index (χ1n) is 5.57. The molecule has 0 aliphatic heterocycles. The van der Waals surface area contributed by atoms with Crippen molar-refractivity contribution in [2.45, 2.75) is 24.6 Å². The molecule has 0 aliphatic carbocycles. The average Bonchev–Trinajstić information content (AvgIpc) is 2.71. The minimum atomic E-state index is -3.58. The normalized spacial score (nSPS) is 12.3. The first-order chi connectivity index (χ1) is 8.48. The lowest BCUT2D eigenvalue weighted by Crippen LogP contribution is -2.34. The van der Waals surface area contributed by atoms with Crippen molar-refractivity contribution >= 4 is 21.6 Å². The molecule has 0 atom stereocenters. The first kappa shape index (κ1) is 15.4. The molecule has 6 nitrogen and oxygen atoms in total. The highest BCUT2D eigenvalue weighted by Gasteiger charge is 2.29. The van der Waals surface area contributed by atoms with Gasteiger partial charge in [-0.15, -0.1) is 11.6 Å². The number of methoxy groups -OCH3 is 1. The Kier molecular flexibility index (Phi) is 5.58. The Morgan fingerprint density at radius 2 is 2.17 bits per heavy atom. The van der Waals surface area contributed by atoms with Gasteiger partial charge in [0.25, 0.3) is 0 Å². The van der Waals surface area contributed by atoms with Gasteiger partial charge >= 0.3 is 0 Å². The third-order valence-corrected chi connectivity index (χ3v) is 5.01. The number of likely N-dealkylation sites (N-methyl/N-ethyl adjacent to an activating group) is 1. The number of halogens is 1. The van der Waals surface area contributed by atoms with E-state index in [0.717, 1.165) is 0 Å². The van der Waals surface area contributed by atoms with Gasteiger partial charge in [-0.25, -0.2) is 8.42 Å². The lowest BCUT2D eigenvalue weighted by atomic mass is 10.4. The number of rotatable bonds is 7. The van der Waals surface area contributed by atoms with Crippen LogP contribution in [0.25, 0.3) is 0 Å². The molecule has 8 heteroatoms. The van der Waals surface area contributed by atoms with Gasteiger partial charge in [0.2, 0.25) is 10.0 Å². The number of H-pyrrole nitrogens is 1. The summed E-state index contributed by atoms with van der Waals surface area (Å²) in [5.74, 6) is 0.0563. The lowest BCUT2D eigenvalue weighted by molar-refractivity contribution is 0.180. The summed E-state index contributed by atoms with van der Waals surface area (Å²) in [5.41, 5.74) is 0.853. The standard InChI is InChI=1S/C10H18ClN3O3S/c1-4-14(5-6-17-3)18(15,16)10-8(2)12-13-9(10)7-11/h4-7H2,1-3H3,(H,12,13). The Morgan fingerprint density at radius 3 is 2.67 bits per heavy atom. The molecule has 0 radical (unpaired) electrons. The second-order valence-corrected chi connectivity index (χ2v) is 5.89. The van der Waals surface area contributed by atoms with Gasteiger partial charge in [0.15, 0.2) is 0 Å². The van der Waals surface area contributed by atoms with Crippen molar-refractivity contribution in [1.29, 1.82) is 0 Å². The topological polar surface area (TPSA) is 75.3 Å². The van der Waals surface area contributed by atoms with Gasteiger partial charge in [0, 0.05) is 20.2 Å². The zero-order valence-corrected chi connectivity index (χ0v) is 12.3.